The summed E-state index contributed by atoms with van der Waals surface area (Å²) >= 11 is 0. The molecule has 3 heterocycles. The molecule has 1 aliphatic heterocycles. The molecule has 138 valence electrons. The lowest BCUT2D eigenvalue weighted by molar-refractivity contribution is 0.0705. The predicted molar refractivity (Wildman–Crippen MR) is 96.1 cm³/mol. The SMILES string of the molecule is O=C(c1ccc(F)c(F)c1)N1CCC[C@H](c2cc(-c3ccncc3)n[nH]2)C1. The highest BCUT2D eigenvalue weighted by molar-refractivity contribution is 5.94. The van der Waals surface area contributed by atoms with Crippen LogP contribution in [0.2, 0.25) is 0 Å². The number of hydrogen-bond donors (Lipinski definition) is 1. The Labute approximate surface area is 155 Å². The molecule has 0 spiro atoms. The van der Waals surface area contributed by atoms with Gasteiger partial charge in [-0.05, 0) is 49.2 Å². The summed E-state index contributed by atoms with van der Waals surface area (Å²) in [5, 5.41) is 7.44. The van der Waals surface area contributed by atoms with Gasteiger partial charge in [-0.2, -0.15) is 5.10 Å². The number of rotatable bonds is 3. The summed E-state index contributed by atoms with van der Waals surface area (Å²) in [7, 11) is 0. The van der Waals surface area contributed by atoms with Gasteiger partial charge in [0.2, 0.25) is 0 Å². The molecular formula is C20H18F2N4O. The molecule has 1 aliphatic rings. The van der Waals surface area contributed by atoms with E-state index in [2.05, 4.69) is 15.2 Å². The second-order valence-electron chi connectivity index (χ2n) is 6.66. The molecule has 1 amide bonds. The Morgan fingerprint density at radius 1 is 1.11 bits per heavy atom. The minimum Gasteiger partial charge on any atom is -0.338 e. The van der Waals surface area contributed by atoms with Crippen molar-refractivity contribution in [3.63, 3.8) is 0 Å². The van der Waals surface area contributed by atoms with E-state index in [-0.39, 0.29) is 17.4 Å². The molecule has 0 bridgehead atoms. The number of carbonyl (C=O) groups is 1. The molecule has 0 radical (unpaired) electrons. The van der Waals surface area contributed by atoms with Gasteiger partial charge in [-0.1, -0.05) is 0 Å². The highest BCUT2D eigenvalue weighted by atomic mass is 19.2. The molecule has 0 saturated carbocycles. The number of halogens is 2. The Balaban J connectivity index is 1.50. The van der Waals surface area contributed by atoms with E-state index in [9.17, 15) is 13.6 Å². The van der Waals surface area contributed by atoms with Crippen LogP contribution in [0.4, 0.5) is 8.78 Å². The highest BCUT2D eigenvalue weighted by Gasteiger charge is 2.27. The largest absolute Gasteiger partial charge is 0.338 e. The summed E-state index contributed by atoms with van der Waals surface area (Å²) in [5.41, 5.74) is 2.93. The Bertz CT molecular complexity index is 958. The van der Waals surface area contributed by atoms with Crippen molar-refractivity contribution in [1.29, 1.82) is 0 Å². The van der Waals surface area contributed by atoms with E-state index < -0.39 is 11.6 Å². The number of H-pyrrole nitrogens is 1. The molecule has 0 unspecified atom stereocenters. The van der Waals surface area contributed by atoms with E-state index in [0.29, 0.717) is 13.1 Å². The van der Waals surface area contributed by atoms with Gasteiger partial charge in [0, 0.05) is 48.2 Å². The first kappa shape index (κ1) is 17.3. The number of carbonyl (C=O) groups excluding carboxylic acids is 1. The molecule has 1 atom stereocenters. The lowest BCUT2D eigenvalue weighted by atomic mass is 9.94. The van der Waals surface area contributed by atoms with E-state index in [1.54, 1.807) is 17.3 Å². The molecule has 7 heteroatoms. The maximum absolute atomic E-state index is 13.4. The molecule has 2 aromatic heterocycles. The maximum atomic E-state index is 13.4. The van der Waals surface area contributed by atoms with Crippen molar-refractivity contribution < 1.29 is 13.6 Å². The van der Waals surface area contributed by atoms with Gasteiger partial charge in [-0.15, -0.1) is 0 Å². The topological polar surface area (TPSA) is 61.9 Å². The van der Waals surface area contributed by atoms with Crippen molar-refractivity contribution in [1.82, 2.24) is 20.1 Å². The standard InChI is InChI=1S/C20H18F2N4O/c21-16-4-3-14(10-17(16)22)20(27)26-9-1-2-15(12-26)19-11-18(24-25-19)13-5-7-23-8-6-13/h3-8,10-11,15H,1-2,9,12H2,(H,24,25)/t15-/m0/s1. The number of aromatic amines is 1. The van der Waals surface area contributed by atoms with E-state index in [1.807, 2.05) is 18.2 Å². The van der Waals surface area contributed by atoms with Gasteiger partial charge in [-0.25, -0.2) is 8.78 Å². The second kappa shape index (κ2) is 7.26. The Kier molecular flexibility index (Phi) is 4.66. The van der Waals surface area contributed by atoms with E-state index in [4.69, 9.17) is 0 Å². The molecule has 27 heavy (non-hydrogen) atoms. The maximum Gasteiger partial charge on any atom is 0.253 e. The van der Waals surface area contributed by atoms with Crippen molar-refractivity contribution in [3.05, 3.63) is 71.7 Å². The number of piperidine rings is 1. The quantitative estimate of drug-likeness (QED) is 0.766. The van der Waals surface area contributed by atoms with Gasteiger partial charge in [0.1, 0.15) is 0 Å². The molecule has 4 rings (SSSR count). The second-order valence-corrected chi connectivity index (χ2v) is 6.66. The van der Waals surface area contributed by atoms with Crippen LogP contribution in [0.1, 0.15) is 34.8 Å². The molecule has 3 aromatic rings. The molecule has 5 nitrogen and oxygen atoms in total. The van der Waals surface area contributed by atoms with Crippen molar-refractivity contribution >= 4 is 5.91 Å². The van der Waals surface area contributed by atoms with Gasteiger partial charge >= 0.3 is 0 Å². The van der Waals surface area contributed by atoms with Crippen LogP contribution in [0.15, 0.2) is 48.8 Å². The van der Waals surface area contributed by atoms with E-state index >= 15 is 0 Å². The number of pyridine rings is 1. The number of aromatic nitrogens is 3. The minimum absolute atomic E-state index is 0.121. The van der Waals surface area contributed by atoms with E-state index in [0.717, 1.165) is 41.9 Å². The number of hydrogen-bond acceptors (Lipinski definition) is 3. The van der Waals surface area contributed by atoms with Crippen molar-refractivity contribution in [2.24, 2.45) is 0 Å². The third-order valence-corrected chi connectivity index (χ3v) is 4.89. The molecular weight excluding hydrogens is 350 g/mol. The summed E-state index contributed by atoms with van der Waals surface area (Å²) < 4.78 is 26.6. The van der Waals surface area contributed by atoms with Crippen LogP contribution in [0.3, 0.4) is 0 Å². The number of nitrogens with one attached hydrogen (secondary N) is 1. The van der Waals surface area contributed by atoms with Crippen LogP contribution in [0.5, 0.6) is 0 Å². The summed E-state index contributed by atoms with van der Waals surface area (Å²) in [6, 6.07) is 9.03. The fourth-order valence-corrected chi connectivity index (χ4v) is 3.44. The van der Waals surface area contributed by atoms with Crippen molar-refractivity contribution in [2.45, 2.75) is 18.8 Å². The van der Waals surface area contributed by atoms with E-state index in [1.165, 1.54) is 6.07 Å². The Morgan fingerprint density at radius 3 is 2.70 bits per heavy atom. The van der Waals surface area contributed by atoms with Gasteiger partial charge in [0.05, 0.1) is 5.69 Å². The third kappa shape index (κ3) is 3.58. The zero-order valence-electron chi connectivity index (χ0n) is 14.5. The first-order valence-corrected chi connectivity index (χ1v) is 8.82. The number of likely N-dealkylation sites (tertiary alicyclic amines) is 1. The van der Waals surface area contributed by atoms with Gasteiger partial charge in [0.25, 0.3) is 5.91 Å². The van der Waals surface area contributed by atoms with Crippen LogP contribution < -0.4 is 0 Å². The molecule has 1 fully saturated rings. The van der Waals surface area contributed by atoms with Crippen LogP contribution in [-0.2, 0) is 0 Å². The zero-order chi connectivity index (χ0) is 18.8. The third-order valence-electron chi connectivity index (χ3n) is 4.89. The van der Waals surface area contributed by atoms with Gasteiger partial charge < -0.3 is 4.90 Å². The summed E-state index contributed by atoms with van der Waals surface area (Å²) in [4.78, 5) is 18.4. The smallest absolute Gasteiger partial charge is 0.253 e. The van der Waals surface area contributed by atoms with Crippen LogP contribution in [0, 0.1) is 11.6 Å². The van der Waals surface area contributed by atoms with Crippen molar-refractivity contribution in [2.75, 3.05) is 13.1 Å². The lowest BCUT2D eigenvalue weighted by Crippen LogP contribution is -2.39. The average molecular weight is 368 g/mol. The minimum atomic E-state index is -1.01. The first-order chi connectivity index (χ1) is 13.1. The Hall–Kier alpha value is -3.09. The highest BCUT2D eigenvalue weighted by Crippen LogP contribution is 2.29. The number of benzene rings is 1. The molecule has 1 N–H and O–H groups in total. The fourth-order valence-electron chi connectivity index (χ4n) is 3.44. The Morgan fingerprint density at radius 2 is 1.93 bits per heavy atom. The van der Waals surface area contributed by atoms with Gasteiger partial charge in [-0.3, -0.25) is 14.9 Å². The predicted octanol–water partition coefficient (Wildman–Crippen LogP) is 3.77. The number of amides is 1. The summed E-state index contributed by atoms with van der Waals surface area (Å²) in [5.74, 6) is -2.13. The number of nitrogens with zero attached hydrogens (tertiary/aromatic N) is 3. The monoisotopic (exact) mass is 368 g/mol. The normalized spacial score (nSPS) is 17.1. The lowest BCUT2D eigenvalue weighted by Gasteiger charge is -2.32. The fraction of sp³-hybridized carbons (Fsp3) is 0.250. The van der Waals surface area contributed by atoms with Crippen LogP contribution >= 0.6 is 0 Å². The zero-order valence-corrected chi connectivity index (χ0v) is 14.5. The van der Waals surface area contributed by atoms with Crippen LogP contribution in [-0.4, -0.2) is 39.1 Å². The van der Waals surface area contributed by atoms with Crippen LogP contribution in [0.25, 0.3) is 11.3 Å². The van der Waals surface area contributed by atoms with Crippen molar-refractivity contribution in [3.8, 4) is 11.3 Å². The molecule has 1 aromatic carbocycles. The average Bonchev–Trinajstić information content (AvgIpc) is 3.21. The molecule has 0 aliphatic carbocycles. The summed E-state index contributed by atoms with van der Waals surface area (Å²) in [6.45, 7) is 1.11. The summed E-state index contributed by atoms with van der Waals surface area (Å²) in [6.07, 6.45) is 5.20. The molecule has 1 saturated heterocycles. The first-order valence-electron chi connectivity index (χ1n) is 8.82. The van der Waals surface area contributed by atoms with Gasteiger partial charge in [0.15, 0.2) is 11.6 Å².